The van der Waals surface area contributed by atoms with Gasteiger partial charge in [-0.15, -0.1) is 0 Å². The van der Waals surface area contributed by atoms with Gasteiger partial charge in [0.05, 0.1) is 26.1 Å². The third-order valence-corrected chi connectivity index (χ3v) is 5.10. The number of piperidine rings is 1. The molecule has 4 atom stereocenters. The number of carbonyl (C=O) groups is 3. The maximum absolute atomic E-state index is 13.1. The van der Waals surface area contributed by atoms with E-state index in [0.717, 1.165) is 19.3 Å². The standard InChI is InChI=1S/C17H27NO5/c1-5-23-17(21)15-11-6-7-12(8-11)18(15)16(20)13(10(2)3)9-14(19)22-4/h10-13,15H,5-9H2,1-4H3/t11-,12+,13-,15-/m0/s1. The summed E-state index contributed by atoms with van der Waals surface area (Å²) in [6, 6.07) is -0.388. The molecule has 6 nitrogen and oxygen atoms in total. The Kier molecular flexibility index (Phi) is 5.65. The lowest BCUT2D eigenvalue weighted by Crippen LogP contribution is -2.52. The summed E-state index contributed by atoms with van der Waals surface area (Å²) in [7, 11) is 1.32. The van der Waals surface area contributed by atoms with E-state index in [4.69, 9.17) is 9.47 Å². The van der Waals surface area contributed by atoms with Crippen molar-refractivity contribution >= 4 is 17.8 Å². The zero-order valence-electron chi connectivity index (χ0n) is 14.4. The summed E-state index contributed by atoms with van der Waals surface area (Å²) < 4.78 is 9.89. The van der Waals surface area contributed by atoms with Gasteiger partial charge >= 0.3 is 11.9 Å². The van der Waals surface area contributed by atoms with Crippen molar-refractivity contribution in [2.75, 3.05) is 13.7 Å². The van der Waals surface area contributed by atoms with Gasteiger partial charge in [0.1, 0.15) is 6.04 Å². The highest BCUT2D eigenvalue weighted by Crippen LogP contribution is 2.44. The van der Waals surface area contributed by atoms with Crippen LogP contribution in [-0.2, 0) is 23.9 Å². The van der Waals surface area contributed by atoms with Gasteiger partial charge in [0.15, 0.2) is 0 Å². The number of carbonyl (C=O) groups excluding carboxylic acids is 3. The van der Waals surface area contributed by atoms with E-state index >= 15 is 0 Å². The molecule has 0 spiro atoms. The molecular weight excluding hydrogens is 298 g/mol. The summed E-state index contributed by atoms with van der Waals surface area (Å²) in [5.74, 6) is -1.09. The molecule has 1 saturated carbocycles. The molecule has 2 rings (SSSR count). The maximum Gasteiger partial charge on any atom is 0.329 e. The van der Waals surface area contributed by atoms with E-state index in [1.807, 2.05) is 13.8 Å². The minimum absolute atomic E-state index is 0.00331. The molecular formula is C17H27NO5. The van der Waals surface area contributed by atoms with Crippen LogP contribution in [0.25, 0.3) is 0 Å². The molecule has 2 fully saturated rings. The lowest BCUT2D eigenvalue weighted by Gasteiger charge is -2.36. The van der Waals surface area contributed by atoms with E-state index in [1.165, 1.54) is 7.11 Å². The van der Waals surface area contributed by atoms with Gasteiger partial charge in [0.25, 0.3) is 0 Å². The Balaban J connectivity index is 2.20. The van der Waals surface area contributed by atoms with Crippen molar-refractivity contribution in [1.82, 2.24) is 4.90 Å². The fraction of sp³-hybridized carbons (Fsp3) is 0.824. The van der Waals surface area contributed by atoms with Crippen molar-refractivity contribution in [2.45, 2.75) is 58.5 Å². The molecule has 6 heteroatoms. The molecule has 0 aromatic heterocycles. The topological polar surface area (TPSA) is 72.9 Å². The van der Waals surface area contributed by atoms with Gasteiger partial charge in [0, 0.05) is 6.04 Å². The Labute approximate surface area is 137 Å². The van der Waals surface area contributed by atoms with Crippen LogP contribution in [0.2, 0.25) is 0 Å². The zero-order chi connectivity index (χ0) is 17.1. The number of amides is 1. The van der Waals surface area contributed by atoms with Crippen LogP contribution >= 0.6 is 0 Å². The van der Waals surface area contributed by atoms with Crippen LogP contribution in [0.3, 0.4) is 0 Å². The molecule has 2 aliphatic rings. The lowest BCUT2D eigenvalue weighted by atomic mass is 9.89. The third kappa shape index (κ3) is 3.51. The Bertz CT molecular complexity index is 476. The summed E-state index contributed by atoms with van der Waals surface area (Å²) in [6.45, 7) is 5.91. The van der Waals surface area contributed by atoms with Crippen molar-refractivity contribution in [3.8, 4) is 0 Å². The molecule has 0 aromatic rings. The SMILES string of the molecule is CCOC(=O)[C@@H]1[C@H]2CC[C@H](C2)N1C(=O)[C@@H](CC(=O)OC)C(C)C. The highest BCUT2D eigenvalue weighted by molar-refractivity contribution is 5.89. The maximum atomic E-state index is 13.1. The van der Waals surface area contributed by atoms with Gasteiger partial charge in [-0.3, -0.25) is 9.59 Å². The molecule has 0 aromatic carbocycles. The number of hydrogen-bond acceptors (Lipinski definition) is 5. The molecule has 130 valence electrons. The Morgan fingerprint density at radius 2 is 1.91 bits per heavy atom. The van der Waals surface area contributed by atoms with Crippen LogP contribution in [0.4, 0.5) is 0 Å². The summed E-state index contributed by atoms with van der Waals surface area (Å²) in [4.78, 5) is 38.7. The van der Waals surface area contributed by atoms with E-state index in [9.17, 15) is 14.4 Å². The third-order valence-electron chi connectivity index (χ3n) is 5.10. The smallest absolute Gasteiger partial charge is 0.329 e. The van der Waals surface area contributed by atoms with Crippen molar-refractivity contribution in [3.63, 3.8) is 0 Å². The van der Waals surface area contributed by atoms with Gasteiger partial charge in [-0.25, -0.2) is 4.79 Å². The Morgan fingerprint density at radius 1 is 1.22 bits per heavy atom. The Hall–Kier alpha value is -1.59. The molecule has 1 aliphatic heterocycles. The summed E-state index contributed by atoms with van der Waals surface area (Å²) >= 11 is 0. The molecule has 1 aliphatic carbocycles. The van der Waals surface area contributed by atoms with Crippen molar-refractivity contribution < 1.29 is 23.9 Å². The van der Waals surface area contributed by atoms with Crippen LogP contribution in [0.15, 0.2) is 0 Å². The zero-order valence-corrected chi connectivity index (χ0v) is 14.4. The number of rotatable bonds is 6. The second-order valence-corrected chi connectivity index (χ2v) is 6.80. The number of nitrogens with zero attached hydrogens (tertiary/aromatic N) is 1. The number of ether oxygens (including phenoxy) is 2. The first-order valence-electron chi connectivity index (χ1n) is 8.46. The highest BCUT2D eigenvalue weighted by Gasteiger charge is 2.53. The van der Waals surface area contributed by atoms with Gasteiger partial charge in [0.2, 0.25) is 5.91 Å². The number of methoxy groups -OCH3 is 1. The molecule has 2 bridgehead atoms. The normalized spacial score (nSPS) is 27.2. The van der Waals surface area contributed by atoms with Crippen LogP contribution in [0, 0.1) is 17.8 Å². The van der Waals surface area contributed by atoms with E-state index < -0.39 is 17.9 Å². The van der Waals surface area contributed by atoms with Gasteiger partial charge in [-0.1, -0.05) is 13.8 Å². The minimum atomic E-state index is -0.486. The van der Waals surface area contributed by atoms with Crippen LogP contribution in [0.1, 0.15) is 46.5 Å². The van der Waals surface area contributed by atoms with Gasteiger partial charge < -0.3 is 14.4 Å². The minimum Gasteiger partial charge on any atom is -0.469 e. The summed E-state index contributed by atoms with van der Waals surface area (Å²) in [6.07, 6.45) is 2.80. The van der Waals surface area contributed by atoms with Crippen LogP contribution in [-0.4, -0.2) is 48.5 Å². The van der Waals surface area contributed by atoms with Crippen molar-refractivity contribution in [3.05, 3.63) is 0 Å². The largest absolute Gasteiger partial charge is 0.469 e. The number of hydrogen-bond donors (Lipinski definition) is 0. The molecule has 1 heterocycles. The molecule has 0 unspecified atom stereocenters. The van der Waals surface area contributed by atoms with E-state index in [0.29, 0.717) is 6.61 Å². The fourth-order valence-corrected chi connectivity index (χ4v) is 3.90. The van der Waals surface area contributed by atoms with E-state index in [1.54, 1.807) is 11.8 Å². The predicted molar refractivity (Wildman–Crippen MR) is 83.4 cm³/mol. The first kappa shape index (κ1) is 17.8. The first-order chi connectivity index (χ1) is 10.9. The molecule has 1 amide bonds. The first-order valence-corrected chi connectivity index (χ1v) is 8.46. The summed E-state index contributed by atoms with van der Waals surface area (Å²) in [5, 5.41) is 0. The monoisotopic (exact) mass is 325 g/mol. The van der Waals surface area contributed by atoms with E-state index in [-0.39, 0.29) is 36.2 Å². The quantitative estimate of drug-likeness (QED) is 0.696. The Morgan fingerprint density at radius 3 is 2.48 bits per heavy atom. The predicted octanol–water partition coefficient (Wildman–Crippen LogP) is 1.76. The van der Waals surface area contributed by atoms with E-state index in [2.05, 4.69) is 0 Å². The van der Waals surface area contributed by atoms with Gasteiger partial charge in [-0.05, 0) is 38.0 Å². The average molecular weight is 325 g/mol. The second kappa shape index (κ2) is 7.32. The summed E-state index contributed by atoms with van der Waals surface area (Å²) in [5.41, 5.74) is 0. The molecule has 23 heavy (non-hydrogen) atoms. The number of fused-ring (bicyclic) bond motifs is 2. The lowest BCUT2D eigenvalue weighted by molar-refractivity contribution is -0.160. The van der Waals surface area contributed by atoms with Gasteiger partial charge in [-0.2, -0.15) is 0 Å². The van der Waals surface area contributed by atoms with Crippen molar-refractivity contribution in [2.24, 2.45) is 17.8 Å². The fourth-order valence-electron chi connectivity index (χ4n) is 3.90. The number of esters is 2. The molecule has 0 radical (unpaired) electrons. The van der Waals surface area contributed by atoms with Crippen LogP contribution in [0.5, 0.6) is 0 Å². The average Bonchev–Trinajstić information content (AvgIpc) is 3.12. The molecule has 1 saturated heterocycles. The highest BCUT2D eigenvalue weighted by atomic mass is 16.5. The second-order valence-electron chi connectivity index (χ2n) is 6.80. The van der Waals surface area contributed by atoms with Crippen molar-refractivity contribution in [1.29, 1.82) is 0 Å². The molecule has 0 N–H and O–H groups in total. The van der Waals surface area contributed by atoms with Crippen LogP contribution < -0.4 is 0 Å². The number of likely N-dealkylation sites (tertiary alicyclic amines) is 1.